The zero-order valence-electron chi connectivity index (χ0n) is 14.2. The third-order valence-corrected chi connectivity index (χ3v) is 3.89. The molecular weight excluding hydrogens is 320 g/mol. The molecule has 0 aliphatic rings. The van der Waals surface area contributed by atoms with Gasteiger partial charge in [-0.1, -0.05) is 24.3 Å². The first-order chi connectivity index (χ1) is 12.0. The van der Waals surface area contributed by atoms with Gasteiger partial charge in [-0.2, -0.15) is 0 Å². The van der Waals surface area contributed by atoms with Gasteiger partial charge in [0.2, 0.25) is 0 Å². The number of furan rings is 1. The van der Waals surface area contributed by atoms with E-state index in [4.69, 9.17) is 9.15 Å². The van der Waals surface area contributed by atoms with E-state index in [0.29, 0.717) is 28.4 Å². The molecule has 1 heterocycles. The van der Waals surface area contributed by atoms with E-state index in [1.165, 1.54) is 7.11 Å². The Hall–Kier alpha value is -3.28. The Morgan fingerprint density at radius 3 is 2.08 bits per heavy atom. The van der Waals surface area contributed by atoms with E-state index in [1.807, 2.05) is 24.3 Å². The largest absolute Gasteiger partial charge is 0.496 e. The Morgan fingerprint density at radius 1 is 0.920 bits per heavy atom. The lowest BCUT2D eigenvalue weighted by Crippen LogP contribution is -2.41. The highest BCUT2D eigenvalue weighted by atomic mass is 16.5. The Labute approximate surface area is 144 Å². The van der Waals surface area contributed by atoms with Crippen molar-refractivity contribution in [3.63, 3.8) is 0 Å². The molecule has 0 unspecified atom stereocenters. The molecule has 2 amide bonds. The average Bonchev–Trinajstić information content (AvgIpc) is 2.96. The molecule has 25 heavy (non-hydrogen) atoms. The maximum Gasteiger partial charge on any atom is 0.273 e. The van der Waals surface area contributed by atoms with Crippen molar-refractivity contribution in [1.29, 1.82) is 0 Å². The summed E-state index contributed by atoms with van der Waals surface area (Å²) in [6.07, 6.45) is 0. The smallest absolute Gasteiger partial charge is 0.273 e. The molecule has 3 rings (SSSR count). The Bertz CT molecular complexity index is 959. The van der Waals surface area contributed by atoms with Crippen molar-refractivity contribution in [3.05, 3.63) is 65.1 Å². The molecule has 1 aromatic heterocycles. The first-order valence-corrected chi connectivity index (χ1v) is 7.74. The maximum atomic E-state index is 12.5. The van der Waals surface area contributed by atoms with Gasteiger partial charge in [0, 0.05) is 0 Å². The van der Waals surface area contributed by atoms with Gasteiger partial charge in [0.15, 0.2) is 0 Å². The monoisotopic (exact) mass is 338 g/mol. The van der Waals surface area contributed by atoms with Crippen LogP contribution in [0.25, 0.3) is 10.8 Å². The minimum absolute atomic E-state index is 0.335. The second-order valence-electron chi connectivity index (χ2n) is 5.63. The number of hydrazine groups is 1. The van der Waals surface area contributed by atoms with Crippen LogP contribution < -0.4 is 15.6 Å². The summed E-state index contributed by atoms with van der Waals surface area (Å²) in [5.41, 5.74) is 5.52. The molecule has 3 aromatic rings. The minimum atomic E-state index is -0.464. The summed E-state index contributed by atoms with van der Waals surface area (Å²) < 4.78 is 10.6. The van der Waals surface area contributed by atoms with Gasteiger partial charge in [-0.05, 0) is 42.8 Å². The van der Waals surface area contributed by atoms with Crippen LogP contribution in [0.4, 0.5) is 0 Å². The molecule has 0 fully saturated rings. The number of aryl methyl sites for hydroxylation is 2. The fraction of sp³-hybridized carbons (Fsp3) is 0.158. The van der Waals surface area contributed by atoms with Gasteiger partial charge in [-0.3, -0.25) is 20.4 Å². The van der Waals surface area contributed by atoms with Gasteiger partial charge in [0.05, 0.1) is 18.2 Å². The molecule has 2 aromatic carbocycles. The van der Waals surface area contributed by atoms with Crippen molar-refractivity contribution in [2.45, 2.75) is 13.8 Å². The average molecular weight is 338 g/mol. The predicted molar refractivity (Wildman–Crippen MR) is 93.6 cm³/mol. The van der Waals surface area contributed by atoms with Crippen molar-refractivity contribution in [2.75, 3.05) is 7.11 Å². The van der Waals surface area contributed by atoms with Crippen LogP contribution in [-0.4, -0.2) is 18.9 Å². The standard InChI is InChI=1S/C19H18N2O4/c1-11-8-15(12(2)25-11)18(22)20-21-19(23)16-9-13-6-4-5-7-14(13)10-17(16)24-3/h4-10H,1-3H3,(H,20,22)(H,21,23). The summed E-state index contributed by atoms with van der Waals surface area (Å²) in [4.78, 5) is 24.6. The van der Waals surface area contributed by atoms with Crippen LogP contribution in [0.2, 0.25) is 0 Å². The molecule has 0 saturated heterocycles. The molecule has 0 atom stereocenters. The molecule has 128 valence electrons. The normalized spacial score (nSPS) is 10.5. The molecule has 0 aliphatic carbocycles. The van der Waals surface area contributed by atoms with Crippen molar-refractivity contribution in [2.24, 2.45) is 0 Å². The van der Waals surface area contributed by atoms with E-state index in [-0.39, 0.29) is 0 Å². The Morgan fingerprint density at radius 2 is 1.52 bits per heavy atom. The topological polar surface area (TPSA) is 80.6 Å². The van der Waals surface area contributed by atoms with Crippen LogP contribution in [-0.2, 0) is 0 Å². The molecule has 0 radical (unpaired) electrons. The highest BCUT2D eigenvalue weighted by molar-refractivity contribution is 6.03. The summed E-state index contributed by atoms with van der Waals surface area (Å²) in [6.45, 7) is 3.44. The molecule has 0 bridgehead atoms. The number of hydrogen-bond donors (Lipinski definition) is 2. The van der Waals surface area contributed by atoms with Gasteiger partial charge in [0.25, 0.3) is 11.8 Å². The lowest BCUT2D eigenvalue weighted by molar-refractivity contribution is 0.0844. The number of hydrogen-bond acceptors (Lipinski definition) is 4. The first kappa shape index (κ1) is 16.6. The second kappa shape index (κ2) is 6.68. The number of methoxy groups -OCH3 is 1. The van der Waals surface area contributed by atoms with Gasteiger partial charge >= 0.3 is 0 Å². The molecular formula is C19H18N2O4. The molecule has 0 aliphatic heterocycles. The highest BCUT2D eigenvalue weighted by Crippen LogP contribution is 2.25. The maximum absolute atomic E-state index is 12.5. The summed E-state index contributed by atoms with van der Waals surface area (Å²) in [5.74, 6) is 0.648. The first-order valence-electron chi connectivity index (χ1n) is 7.74. The van der Waals surface area contributed by atoms with Gasteiger partial charge in [-0.25, -0.2) is 0 Å². The quantitative estimate of drug-likeness (QED) is 0.719. The molecule has 0 saturated carbocycles. The fourth-order valence-corrected chi connectivity index (χ4v) is 2.67. The van der Waals surface area contributed by atoms with Crippen LogP contribution >= 0.6 is 0 Å². The molecule has 2 N–H and O–H groups in total. The molecule has 6 heteroatoms. The van der Waals surface area contributed by atoms with Gasteiger partial charge < -0.3 is 9.15 Å². The van der Waals surface area contributed by atoms with Gasteiger partial charge in [-0.15, -0.1) is 0 Å². The van der Waals surface area contributed by atoms with E-state index in [0.717, 1.165) is 10.8 Å². The van der Waals surface area contributed by atoms with Crippen LogP contribution in [0.15, 0.2) is 46.9 Å². The predicted octanol–water partition coefficient (Wildman–Crippen LogP) is 3.13. The fourth-order valence-electron chi connectivity index (χ4n) is 2.67. The Balaban J connectivity index is 1.80. The zero-order chi connectivity index (χ0) is 18.0. The zero-order valence-corrected chi connectivity index (χ0v) is 14.2. The Kier molecular flexibility index (Phi) is 4.43. The van der Waals surface area contributed by atoms with Crippen LogP contribution in [0.1, 0.15) is 32.2 Å². The number of carbonyl (C=O) groups excluding carboxylic acids is 2. The SMILES string of the molecule is COc1cc2ccccc2cc1C(=O)NNC(=O)c1cc(C)oc1C. The number of nitrogens with one attached hydrogen (secondary N) is 2. The van der Waals surface area contributed by atoms with Crippen molar-refractivity contribution in [3.8, 4) is 5.75 Å². The van der Waals surface area contributed by atoms with Gasteiger partial charge in [0.1, 0.15) is 17.3 Å². The van der Waals surface area contributed by atoms with Crippen LogP contribution in [0.5, 0.6) is 5.75 Å². The van der Waals surface area contributed by atoms with Crippen LogP contribution in [0, 0.1) is 13.8 Å². The second-order valence-corrected chi connectivity index (χ2v) is 5.63. The molecule has 6 nitrogen and oxygen atoms in total. The van der Waals surface area contributed by atoms with Crippen molar-refractivity contribution in [1.82, 2.24) is 10.9 Å². The van der Waals surface area contributed by atoms with E-state index < -0.39 is 11.8 Å². The third-order valence-electron chi connectivity index (χ3n) is 3.89. The van der Waals surface area contributed by atoms with E-state index >= 15 is 0 Å². The summed E-state index contributed by atoms with van der Waals surface area (Å²) in [7, 11) is 1.50. The number of benzene rings is 2. The van der Waals surface area contributed by atoms with Crippen molar-refractivity contribution < 1.29 is 18.7 Å². The molecule has 0 spiro atoms. The summed E-state index contributed by atoms with van der Waals surface area (Å²) in [6, 6.07) is 12.8. The number of amides is 2. The van der Waals surface area contributed by atoms with E-state index in [2.05, 4.69) is 10.9 Å². The number of rotatable bonds is 3. The third kappa shape index (κ3) is 3.33. The van der Waals surface area contributed by atoms with Crippen LogP contribution in [0.3, 0.4) is 0 Å². The van der Waals surface area contributed by atoms with E-state index in [9.17, 15) is 9.59 Å². The van der Waals surface area contributed by atoms with E-state index in [1.54, 1.807) is 32.0 Å². The van der Waals surface area contributed by atoms with Crippen molar-refractivity contribution >= 4 is 22.6 Å². The highest BCUT2D eigenvalue weighted by Gasteiger charge is 2.17. The lowest BCUT2D eigenvalue weighted by atomic mass is 10.1. The number of carbonyl (C=O) groups is 2. The number of ether oxygens (including phenoxy) is 1. The number of fused-ring (bicyclic) bond motifs is 1. The minimum Gasteiger partial charge on any atom is -0.496 e. The summed E-state index contributed by atoms with van der Waals surface area (Å²) >= 11 is 0. The lowest BCUT2D eigenvalue weighted by Gasteiger charge is -2.11. The summed E-state index contributed by atoms with van der Waals surface area (Å²) in [5, 5.41) is 1.87.